The highest BCUT2D eigenvalue weighted by atomic mass is 19.1. The monoisotopic (exact) mass is 311 g/mol. The molecule has 0 fully saturated rings. The van der Waals surface area contributed by atoms with Crippen LogP contribution in [0.15, 0.2) is 53.5 Å². The van der Waals surface area contributed by atoms with E-state index >= 15 is 0 Å². The molecule has 0 saturated carbocycles. The molecule has 0 amide bonds. The second-order valence-electron chi connectivity index (χ2n) is 5.63. The van der Waals surface area contributed by atoms with Gasteiger partial charge in [-0.05, 0) is 43.2 Å². The number of fused-ring (bicyclic) bond motifs is 1. The van der Waals surface area contributed by atoms with Gasteiger partial charge >= 0.3 is 0 Å². The lowest BCUT2D eigenvalue weighted by atomic mass is 10.1. The Morgan fingerprint density at radius 3 is 2.87 bits per heavy atom. The first-order valence-electron chi connectivity index (χ1n) is 7.51. The molecule has 0 aliphatic heterocycles. The second kappa shape index (κ2) is 6.30. The first-order valence-corrected chi connectivity index (χ1v) is 7.51. The van der Waals surface area contributed by atoms with Crippen LogP contribution in [0.4, 0.5) is 4.39 Å². The van der Waals surface area contributed by atoms with E-state index in [4.69, 9.17) is 0 Å². The molecule has 3 rings (SSSR count). The maximum atomic E-state index is 13.3. The lowest BCUT2D eigenvalue weighted by Crippen LogP contribution is -2.22. The van der Waals surface area contributed by atoms with Gasteiger partial charge in [-0.1, -0.05) is 18.2 Å². The molecule has 0 saturated heterocycles. The Hall–Kier alpha value is -2.53. The van der Waals surface area contributed by atoms with E-state index in [2.05, 4.69) is 10.3 Å². The molecule has 5 heteroatoms. The van der Waals surface area contributed by atoms with E-state index < -0.39 is 0 Å². The lowest BCUT2D eigenvalue weighted by Gasteiger charge is -2.14. The molecule has 1 unspecified atom stereocenters. The van der Waals surface area contributed by atoms with Crippen molar-refractivity contribution in [3.05, 3.63) is 81.7 Å². The van der Waals surface area contributed by atoms with E-state index in [1.807, 2.05) is 32.0 Å². The Kier molecular flexibility index (Phi) is 4.21. The van der Waals surface area contributed by atoms with Gasteiger partial charge in [-0.25, -0.2) is 9.37 Å². The number of benzene rings is 1. The van der Waals surface area contributed by atoms with Crippen LogP contribution in [0.2, 0.25) is 0 Å². The van der Waals surface area contributed by atoms with Gasteiger partial charge in [0.2, 0.25) is 0 Å². The van der Waals surface area contributed by atoms with E-state index in [9.17, 15) is 9.18 Å². The Morgan fingerprint density at radius 2 is 2.09 bits per heavy atom. The van der Waals surface area contributed by atoms with Crippen molar-refractivity contribution < 1.29 is 4.39 Å². The van der Waals surface area contributed by atoms with E-state index in [-0.39, 0.29) is 17.4 Å². The zero-order chi connectivity index (χ0) is 16.4. The molecule has 1 atom stereocenters. The van der Waals surface area contributed by atoms with Gasteiger partial charge in [-0.15, -0.1) is 0 Å². The number of hydrogen-bond acceptors (Lipinski definition) is 3. The topological polar surface area (TPSA) is 46.4 Å². The van der Waals surface area contributed by atoms with Crippen LogP contribution >= 0.6 is 0 Å². The molecule has 3 aromatic rings. The van der Waals surface area contributed by atoms with Crippen LogP contribution in [0.3, 0.4) is 0 Å². The first kappa shape index (κ1) is 15.4. The maximum Gasteiger partial charge on any atom is 0.258 e. The summed E-state index contributed by atoms with van der Waals surface area (Å²) in [6.07, 6.45) is 1.71. The minimum absolute atomic E-state index is 0.0391. The largest absolute Gasteiger partial charge is 0.305 e. The quantitative estimate of drug-likeness (QED) is 0.806. The molecule has 2 heterocycles. The zero-order valence-electron chi connectivity index (χ0n) is 13.1. The van der Waals surface area contributed by atoms with Crippen LogP contribution in [-0.2, 0) is 6.54 Å². The normalized spacial score (nSPS) is 12.5. The van der Waals surface area contributed by atoms with Gasteiger partial charge in [0.25, 0.3) is 5.56 Å². The maximum absolute atomic E-state index is 13.3. The summed E-state index contributed by atoms with van der Waals surface area (Å²) >= 11 is 0. The summed E-state index contributed by atoms with van der Waals surface area (Å²) in [7, 11) is 0. The van der Waals surface area contributed by atoms with E-state index in [1.165, 1.54) is 22.6 Å². The van der Waals surface area contributed by atoms with Crippen LogP contribution in [-0.4, -0.2) is 9.38 Å². The molecule has 2 aromatic heterocycles. The molecule has 1 aromatic carbocycles. The van der Waals surface area contributed by atoms with Crippen molar-refractivity contribution in [2.24, 2.45) is 0 Å². The molecule has 118 valence electrons. The standard InChI is InChI=1S/C18H18FN3O/c1-12-5-4-8-22-17(23)10-16(21-18(12)22)11-20-13(2)14-6-3-7-15(19)9-14/h3-10,13,20H,11H2,1-2H3. The number of aromatic nitrogens is 2. The van der Waals surface area contributed by atoms with Crippen molar-refractivity contribution in [3.8, 4) is 0 Å². The van der Waals surface area contributed by atoms with Crippen molar-refractivity contribution in [2.45, 2.75) is 26.4 Å². The Morgan fingerprint density at radius 1 is 1.26 bits per heavy atom. The van der Waals surface area contributed by atoms with Gasteiger partial charge in [-0.2, -0.15) is 0 Å². The van der Waals surface area contributed by atoms with Crippen LogP contribution in [0, 0.1) is 12.7 Å². The molecule has 0 aliphatic carbocycles. The molecule has 1 N–H and O–H groups in total. The minimum atomic E-state index is -0.256. The number of halogens is 1. The van der Waals surface area contributed by atoms with Gasteiger partial charge in [0.1, 0.15) is 11.5 Å². The second-order valence-corrected chi connectivity index (χ2v) is 5.63. The smallest absolute Gasteiger partial charge is 0.258 e. The first-order chi connectivity index (χ1) is 11.0. The predicted octanol–water partition coefficient (Wildman–Crippen LogP) is 2.99. The van der Waals surface area contributed by atoms with Crippen LogP contribution in [0.1, 0.15) is 29.8 Å². The molecule has 0 spiro atoms. The van der Waals surface area contributed by atoms with Crippen molar-refractivity contribution in [1.82, 2.24) is 14.7 Å². The molecule has 0 bridgehead atoms. The summed E-state index contributed by atoms with van der Waals surface area (Å²) in [5.74, 6) is -0.256. The summed E-state index contributed by atoms with van der Waals surface area (Å²) in [6, 6.07) is 11.7. The van der Waals surface area contributed by atoms with Crippen molar-refractivity contribution in [3.63, 3.8) is 0 Å². The van der Waals surface area contributed by atoms with E-state index in [0.717, 1.165) is 11.1 Å². The summed E-state index contributed by atoms with van der Waals surface area (Å²) in [5, 5.41) is 3.28. The van der Waals surface area contributed by atoms with E-state index in [1.54, 1.807) is 12.3 Å². The predicted molar refractivity (Wildman–Crippen MR) is 87.9 cm³/mol. The fourth-order valence-electron chi connectivity index (χ4n) is 2.55. The van der Waals surface area contributed by atoms with Gasteiger partial charge in [0.15, 0.2) is 0 Å². The Labute approximate surface area is 133 Å². The highest BCUT2D eigenvalue weighted by molar-refractivity contribution is 5.46. The van der Waals surface area contributed by atoms with Gasteiger partial charge in [0, 0.05) is 24.8 Å². The Bertz CT molecular complexity index is 904. The van der Waals surface area contributed by atoms with Crippen molar-refractivity contribution >= 4 is 5.65 Å². The van der Waals surface area contributed by atoms with Crippen LogP contribution < -0.4 is 10.9 Å². The van der Waals surface area contributed by atoms with Crippen molar-refractivity contribution in [2.75, 3.05) is 0 Å². The average Bonchev–Trinajstić information content (AvgIpc) is 2.53. The van der Waals surface area contributed by atoms with Crippen LogP contribution in [0.25, 0.3) is 5.65 Å². The molecular weight excluding hydrogens is 293 g/mol. The van der Waals surface area contributed by atoms with Gasteiger partial charge < -0.3 is 5.32 Å². The molecule has 4 nitrogen and oxygen atoms in total. The van der Waals surface area contributed by atoms with E-state index in [0.29, 0.717) is 17.9 Å². The molecular formula is C18H18FN3O. The fraction of sp³-hybridized carbons (Fsp3) is 0.222. The number of pyridine rings is 1. The summed E-state index contributed by atoms with van der Waals surface area (Å²) in [5.41, 5.74) is 3.04. The third-order valence-corrected chi connectivity index (χ3v) is 3.88. The number of rotatable bonds is 4. The highest BCUT2D eigenvalue weighted by Gasteiger charge is 2.08. The number of nitrogens with zero attached hydrogens (tertiary/aromatic N) is 2. The zero-order valence-corrected chi connectivity index (χ0v) is 13.1. The fourth-order valence-corrected chi connectivity index (χ4v) is 2.55. The number of hydrogen-bond donors (Lipinski definition) is 1. The summed E-state index contributed by atoms with van der Waals surface area (Å²) in [4.78, 5) is 16.7. The number of aryl methyl sites for hydroxylation is 1. The van der Waals surface area contributed by atoms with Crippen LogP contribution in [0.5, 0.6) is 0 Å². The van der Waals surface area contributed by atoms with Crippen molar-refractivity contribution in [1.29, 1.82) is 0 Å². The third-order valence-electron chi connectivity index (χ3n) is 3.88. The molecule has 23 heavy (non-hydrogen) atoms. The lowest BCUT2D eigenvalue weighted by molar-refractivity contribution is 0.559. The summed E-state index contributed by atoms with van der Waals surface area (Å²) < 4.78 is 14.8. The Balaban J connectivity index is 1.82. The molecule has 0 aliphatic rings. The summed E-state index contributed by atoms with van der Waals surface area (Å²) in [6.45, 7) is 4.32. The third kappa shape index (κ3) is 3.29. The van der Waals surface area contributed by atoms with Gasteiger partial charge in [0.05, 0.1) is 5.69 Å². The SMILES string of the molecule is Cc1cccn2c(=O)cc(CNC(C)c3cccc(F)c3)nc12. The highest BCUT2D eigenvalue weighted by Crippen LogP contribution is 2.14. The average molecular weight is 311 g/mol. The minimum Gasteiger partial charge on any atom is -0.305 e. The van der Waals surface area contributed by atoms with Gasteiger partial charge in [-0.3, -0.25) is 9.20 Å². The molecule has 0 radical (unpaired) electrons. The number of nitrogens with one attached hydrogen (secondary N) is 1.